The Hall–Kier alpha value is -3.48. The molecule has 0 radical (unpaired) electrons. The van der Waals surface area contributed by atoms with Gasteiger partial charge in [0.2, 0.25) is 5.95 Å². The van der Waals surface area contributed by atoms with E-state index in [4.69, 9.17) is 5.73 Å². The molecule has 0 amide bonds. The summed E-state index contributed by atoms with van der Waals surface area (Å²) in [7, 11) is 0. The molecule has 156 valence electrons. The number of aliphatic imine (C=N–C) groups is 1. The number of rotatable bonds is 8. The summed E-state index contributed by atoms with van der Waals surface area (Å²) in [6, 6.07) is 5.55. The van der Waals surface area contributed by atoms with E-state index in [1.165, 1.54) is 6.20 Å². The summed E-state index contributed by atoms with van der Waals surface area (Å²) in [5.41, 5.74) is 10.5. The molecule has 0 aliphatic heterocycles. The van der Waals surface area contributed by atoms with Gasteiger partial charge in [-0.2, -0.15) is 4.39 Å². The zero-order valence-corrected chi connectivity index (χ0v) is 17.5. The number of aromatic nitrogens is 3. The van der Waals surface area contributed by atoms with Gasteiger partial charge in [0, 0.05) is 60.0 Å². The number of H-pyrrole nitrogens is 1. The molecule has 3 aromatic heterocycles. The molecule has 3 heterocycles. The number of halogens is 1. The van der Waals surface area contributed by atoms with E-state index in [0.29, 0.717) is 24.3 Å². The molecule has 0 saturated carbocycles. The number of hydrogen-bond donors (Lipinski definition) is 3. The first-order chi connectivity index (χ1) is 14.4. The quantitative estimate of drug-likeness (QED) is 0.380. The van der Waals surface area contributed by atoms with Gasteiger partial charge in [0.1, 0.15) is 11.5 Å². The second kappa shape index (κ2) is 9.35. The molecule has 0 aliphatic carbocycles. The van der Waals surface area contributed by atoms with Gasteiger partial charge in [-0.3, -0.25) is 4.99 Å². The molecule has 7 heteroatoms. The van der Waals surface area contributed by atoms with Crippen molar-refractivity contribution in [2.75, 3.05) is 11.9 Å². The van der Waals surface area contributed by atoms with Crippen LogP contribution in [0, 0.1) is 18.8 Å². The molecular formula is C23H27FN6. The Bertz CT molecular complexity index is 1110. The highest BCUT2D eigenvalue weighted by atomic mass is 19.1. The molecule has 30 heavy (non-hydrogen) atoms. The summed E-state index contributed by atoms with van der Waals surface area (Å²) in [5.74, 6) is 0.187. The molecule has 0 saturated heterocycles. The van der Waals surface area contributed by atoms with Gasteiger partial charge in [-0.05, 0) is 36.1 Å². The average Bonchev–Trinajstić information content (AvgIpc) is 3.11. The van der Waals surface area contributed by atoms with Crippen LogP contribution in [-0.2, 0) is 6.42 Å². The van der Waals surface area contributed by atoms with Crippen molar-refractivity contribution in [2.45, 2.75) is 27.2 Å². The first-order valence-electron chi connectivity index (χ1n) is 9.83. The molecule has 0 fully saturated rings. The van der Waals surface area contributed by atoms with Crippen molar-refractivity contribution in [3.63, 3.8) is 0 Å². The van der Waals surface area contributed by atoms with E-state index in [1.807, 2.05) is 33.0 Å². The molecule has 0 aliphatic rings. The number of nitrogens with one attached hydrogen (secondary N) is 2. The molecule has 0 spiro atoms. The van der Waals surface area contributed by atoms with Crippen molar-refractivity contribution < 1.29 is 4.39 Å². The van der Waals surface area contributed by atoms with E-state index in [9.17, 15) is 4.39 Å². The van der Waals surface area contributed by atoms with Crippen LogP contribution in [0.1, 0.15) is 30.5 Å². The maximum absolute atomic E-state index is 14.6. The minimum absolute atomic E-state index is 0.258. The van der Waals surface area contributed by atoms with Crippen molar-refractivity contribution in [1.29, 1.82) is 0 Å². The van der Waals surface area contributed by atoms with Crippen LogP contribution in [0.15, 0.2) is 59.6 Å². The number of nitrogens with zero attached hydrogens (tertiary/aromatic N) is 3. The van der Waals surface area contributed by atoms with Crippen LogP contribution in [0.5, 0.6) is 0 Å². The Balaban J connectivity index is 1.67. The minimum Gasteiger partial charge on any atom is -0.404 e. The predicted octanol–water partition coefficient (Wildman–Crippen LogP) is 4.49. The number of anilines is 1. The van der Waals surface area contributed by atoms with Crippen LogP contribution in [0.25, 0.3) is 11.0 Å². The van der Waals surface area contributed by atoms with E-state index >= 15 is 0 Å². The monoisotopic (exact) mass is 406 g/mol. The third-order valence-electron chi connectivity index (χ3n) is 4.81. The Labute approximate surface area is 175 Å². The topological polar surface area (TPSA) is 92.0 Å². The lowest BCUT2D eigenvalue weighted by Crippen LogP contribution is -2.10. The lowest BCUT2D eigenvalue weighted by molar-refractivity contribution is 0.572. The standard InChI is InChI=1S/C23H27FN6/c1-14(2)16(4)26-11-17(9-25)12-27-21-6-5-18(22(24)30-21)8-19-13-29-23-20(19)7-15(3)10-28-23/h5-7,9-11,13-14H,4,8,12,25H2,1-3H3,(H,27,30)(H,28,29)/b17-9+,26-11?. The van der Waals surface area contributed by atoms with Gasteiger partial charge in [-0.25, -0.2) is 9.97 Å². The molecule has 0 aromatic carbocycles. The lowest BCUT2D eigenvalue weighted by Gasteiger charge is -2.09. The number of nitrogens with two attached hydrogens (primary N) is 1. The van der Waals surface area contributed by atoms with E-state index in [0.717, 1.165) is 33.4 Å². The molecule has 0 unspecified atom stereocenters. The maximum Gasteiger partial charge on any atom is 0.218 e. The fourth-order valence-corrected chi connectivity index (χ4v) is 2.86. The van der Waals surface area contributed by atoms with Crippen molar-refractivity contribution in [2.24, 2.45) is 16.6 Å². The van der Waals surface area contributed by atoms with E-state index in [2.05, 4.69) is 31.8 Å². The fourth-order valence-electron chi connectivity index (χ4n) is 2.86. The van der Waals surface area contributed by atoms with Crippen LogP contribution in [-0.4, -0.2) is 27.7 Å². The van der Waals surface area contributed by atoms with Crippen molar-refractivity contribution in [1.82, 2.24) is 15.0 Å². The first-order valence-corrected chi connectivity index (χ1v) is 9.83. The van der Waals surface area contributed by atoms with Crippen LogP contribution < -0.4 is 11.1 Å². The Morgan fingerprint density at radius 2 is 2.17 bits per heavy atom. The summed E-state index contributed by atoms with van der Waals surface area (Å²) in [5, 5.41) is 4.07. The highest BCUT2D eigenvalue weighted by Crippen LogP contribution is 2.22. The fraction of sp³-hybridized carbons (Fsp3) is 0.261. The van der Waals surface area contributed by atoms with Gasteiger partial charge in [0.25, 0.3) is 0 Å². The van der Waals surface area contributed by atoms with E-state index < -0.39 is 5.95 Å². The van der Waals surface area contributed by atoms with E-state index in [-0.39, 0.29) is 5.92 Å². The second-order valence-electron chi connectivity index (χ2n) is 7.55. The zero-order valence-electron chi connectivity index (χ0n) is 17.5. The normalized spacial score (nSPS) is 12.2. The Kier molecular flexibility index (Phi) is 6.61. The number of pyridine rings is 2. The Morgan fingerprint density at radius 1 is 1.37 bits per heavy atom. The second-order valence-corrected chi connectivity index (χ2v) is 7.55. The molecular weight excluding hydrogens is 379 g/mol. The van der Waals surface area contributed by atoms with Crippen LogP contribution in [0.3, 0.4) is 0 Å². The average molecular weight is 407 g/mol. The number of aryl methyl sites for hydroxylation is 1. The van der Waals surface area contributed by atoms with Crippen molar-refractivity contribution >= 4 is 23.1 Å². The van der Waals surface area contributed by atoms with Gasteiger partial charge in [-0.1, -0.05) is 26.5 Å². The molecule has 3 aromatic rings. The van der Waals surface area contributed by atoms with Crippen LogP contribution in [0.2, 0.25) is 0 Å². The minimum atomic E-state index is -0.505. The highest BCUT2D eigenvalue weighted by Gasteiger charge is 2.11. The molecule has 0 bridgehead atoms. The van der Waals surface area contributed by atoms with Crippen molar-refractivity contribution in [3.05, 3.63) is 77.3 Å². The maximum atomic E-state index is 14.6. The summed E-state index contributed by atoms with van der Waals surface area (Å²) < 4.78 is 14.6. The molecule has 0 atom stereocenters. The summed E-state index contributed by atoms with van der Waals surface area (Å²) in [4.78, 5) is 15.8. The molecule has 4 N–H and O–H groups in total. The number of allylic oxidation sites excluding steroid dienone is 1. The number of hydrogen-bond acceptors (Lipinski definition) is 5. The van der Waals surface area contributed by atoms with Crippen LogP contribution in [0.4, 0.5) is 10.2 Å². The Morgan fingerprint density at radius 3 is 2.87 bits per heavy atom. The number of fused-ring (bicyclic) bond motifs is 1. The van der Waals surface area contributed by atoms with Gasteiger partial charge < -0.3 is 16.0 Å². The van der Waals surface area contributed by atoms with Gasteiger partial charge >= 0.3 is 0 Å². The zero-order chi connectivity index (χ0) is 21.7. The third kappa shape index (κ3) is 5.11. The first kappa shape index (κ1) is 21.2. The third-order valence-corrected chi connectivity index (χ3v) is 4.81. The van der Waals surface area contributed by atoms with Gasteiger partial charge in [0.15, 0.2) is 0 Å². The van der Waals surface area contributed by atoms with Crippen LogP contribution >= 0.6 is 0 Å². The smallest absolute Gasteiger partial charge is 0.218 e. The summed E-state index contributed by atoms with van der Waals surface area (Å²) in [6.45, 7) is 10.3. The van der Waals surface area contributed by atoms with Gasteiger partial charge in [-0.15, -0.1) is 0 Å². The predicted molar refractivity (Wildman–Crippen MR) is 121 cm³/mol. The summed E-state index contributed by atoms with van der Waals surface area (Å²) in [6.07, 6.45) is 7.22. The highest BCUT2D eigenvalue weighted by molar-refractivity contribution is 5.81. The summed E-state index contributed by atoms with van der Waals surface area (Å²) >= 11 is 0. The lowest BCUT2D eigenvalue weighted by atomic mass is 10.1. The number of aromatic amines is 1. The molecule has 3 rings (SSSR count). The van der Waals surface area contributed by atoms with E-state index in [1.54, 1.807) is 24.5 Å². The molecule has 6 nitrogen and oxygen atoms in total. The van der Waals surface area contributed by atoms with Gasteiger partial charge in [0.05, 0.1) is 0 Å². The van der Waals surface area contributed by atoms with Crippen molar-refractivity contribution in [3.8, 4) is 0 Å². The SMILES string of the molecule is C=C(N=C/C(=C\N)CNc1ccc(Cc2c[nH]c3ncc(C)cc23)c(F)n1)C(C)C. The largest absolute Gasteiger partial charge is 0.404 e.